The van der Waals surface area contributed by atoms with Crippen LogP contribution in [0.15, 0.2) is 0 Å². The number of carbonyl (C=O) groups is 4. The lowest BCUT2D eigenvalue weighted by atomic mass is 10.2. The van der Waals surface area contributed by atoms with E-state index >= 15 is 0 Å². The highest BCUT2D eigenvalue weighted by Crippen LogP contribution is 2.11. The van der Waals surface area contributed by atoms with Crippen molar-refractivity contribution >= 4 is 23.9 Å². The molecule has 1 rings (SSSR count). The third-order valence-corrected chi connectivity index (χ3v) is 5.83. The molecule has 1 aliphatic heterocycles. The van der Waals surface area contributed by atoms with E-state index < -0.39 is 16.8 Å². The van der Waals surface area contributed by atoms with Gasteiger partial charge in [0.1, 0.15) is 16.8 Å². The highest BCUT2D eigenvalue weighted by molar-refractivity contribution is 5.73. The number of nitrogens with zero attached hydrogens (tertiary/aromatic N) is 4. The van der Waals surface area contributed by atoms with Gasteiger partial charge in [-0.25, -0.2) is 0 Å². The first-order valence-electron chi connectivity index (χ1n) is 14.4. The van der Waals surface area contributed by atoms with Crippen LogP contribution in [0.25, 0.3) is 0 Å². The molecule has 1 saturated heterocycles. The monoisotopic (exact) mass is 586 g/mol. The van der Waals surface area contributed by atoms with E-state index in [4.69, 9.17) is 18.9 Å². The zero-order valence-corrected chi connectivity index (χ0v) is 27.0. The van der Waals surface area contributed by atoms with E-state index in [0.717, 1.165) is 0 Å². The zero-order valence-electron chi connectivity index (χ0n) is 27.0. The van der Waals surface area contributed by atoms with Crippen molar-refractivity contribution in [3.8, 4) is 0 Å². The first-order chi connectivity index (χ1) is 18.7. The summed E-state index contributed by atoms with van der Waals surface area (Å²) in [6.07, 6.45) is 0. The summed E-state index contributed by atoms with van der Waals surface area (Å²) in [4.78, 5) is 58.1. The number of hydrogen-bond donors (Lipinski definition) is 0. The molecule has 0 aromatic rings. The van der Waals surface area contributed by atoms with Crippen LogP contribution in [0.2, 0.25) is 0 Å². The van der Waals surface area contributed by atoms with E-state index in [1.54, 1.807) is 0 Å². The van der Waals surface area contributed by atoms with Gasteiger partial charge in [-0.3, -0.25) is 38.8 Å². The number of hydrogen-bond acceptors (Lipinski definition) is 12. The molecule has 1 heterocycles. The van der Waals surface area contributed by atoms with Gasteiger partial charge in [0.05, 0.1) is 33.3 Å². The summed E-state index contributed by atoms with van der Waals surface area (Å²) in [5.41, 5.74) is -1.83. The summed E-state index contributed by atoms with van der Waals surface area (Å²) in [5.74, 6) is -1.39. The van der Waals surface area contributed by atoms with Crippen LogP contribution in [0.4, 0.5) is 0 Å². The Bertz CT molecular complexity index is 814. The Morgan fingerprint density at radius 1 is 0.439 bits per heavy atom. The molecule has 0 spiro atoms. The van der Waals surface area contributed by atoms with Crippen LogP contribution >= 0.6 is 0 Å². The summed E-state index contributed by atoms with van der Waals surface area (Å²) in [5, 5.41) is 0. The lowest BCUT2D eigenvalue weighted by Crippen LogP contribution is -2.50. The van der Waals surface area contributed by atoms with E-state index in [-0.39, 0.29) is 50.1 Å². The molecule has 1 aliphatic rings. The molecule has 0 bridgehead atoms. The molecular formula is C29H54N4O8. The molecule has 0 aromatic carbocycles. The van der Waals surface area contributed by atoms with E-state index in [1.165, 1.54) is 7.11 Å². The second kappa shape index (κ2) is 16.4. The van der Waals surface area contributed by atoms with Crippen molar-refractivity contribution in [1.82, 2.24) is 19.6 Å². The summed E-state index contributed by atoms with van der Waals surface area (Å²) in [6.45, 7) is 20.6. The minimum absolute atomic E-state index is 0.0757. The van der Waals surface area contributed by atoms with E-state index in [1.807, 2.05) is 81.9 Å². The van der Waals surface area contributed by atoms with Gasteiger partial charge >= 0.3 is 23.9 Å². The smallest absolute Gasteiger partial charge is 0.320 e. The van der Waals surface area contributed by atoms with Crippen molar-refractivity contribution in [1.29, 1.82) is 0 Å². The Labute approximate surface area is 246 Å². The van der Waals surface area contributed by atoms with Crippen LogP contribution in [0.5, 0.6) is 0 Å². The minimum atomic E-state index is -0.613. The van der Waals surface area contributed by atoms with E-state index in [2.05, 4.69) is 0 Å². The molecule has 0 saturated carbocycles. The Hall–Kier alpha value is -2.28. The Kier molecular flexibility index (Phi) is 14.7. The van der Waals surface area contributed by atoms with Crippen molar-refractivity contribution < 1.29 is 38.1 Å². The largest absolute Gasteiger partial charge is 0.468 e. The third kappa shape index (κ3) is 18.7. The van der Waals surface area contributed by atoms with Gasteiger partial charge in [-0.15, -0.1) is 0 Å². The number of rotatable bonds is 8. The average Bonchev–Trinajstić information content (AvgIpc) is 2.76. The lowest BCUT2D eigenvalue weighted by Gasteiger charge is -2.34. The van der Waals surface area contributed by atoms with Crippen LogP contribution < -0.4 is 0 Å². The van der Waals surface area contributed by atoms with Crippen molar-refractivity contribution in [2.75, 3.05) is 85.6 Å². The maximum atomic E-state index is 12.7. The summed E-state index contributed by atoms with van der Waals surface area (Å²) >= 11 is 0. The molecule has 1 fully saturated rings. The molecule has 12 nitrogen and oxygen atoms in total. The Morgan fingerprint density at radius 3 is 0.805 bits per heavy atom. The fourth-order valence-electron chi connectivity index (χ4n) is 4.13. The van der Waals surface area contributed by atoms with Crippen LogP contribution in [0.1, 0.15) is 62.3 Å². The highest BCUT2D eigenvalue weighted by atomic mass is 16.6. The van der Waals surface area contributed by atoms with Gasteiger partial charge < -0.3 is 18.9 Å². The van der Waals surface area contributed by atoms with Gasteiger partial charge in [-0.05, 0) is 62.3 Å². The summed E-state index contributed by atoms with van der Waals surface area (Å²) < 4.78 is 21.6. The zero-order chi connectivity index (χ0) is 31.4. The second-order valence-corrected chi connectivity index (χ2v) is 13.4. The number of carbonyl (C=O) groups excluding carboxylic acids is 4. The first-order valence-corrected chi connectivity index (χ1v) is 14.4. The SMILES string of the molecule is COC(=O)CN1CCN(CC(=O)OC(C)(C)C)CCN(CC(=O)OC(C)(C)C)CCN(CC(=O)OC(C)(C)C)CC1. The lowest BCUT2D eigenvalue weighted by molar-refractivity contribution is -0.158. The Balaban J connectivity index is 3.16. The van der Waals surface area contributed by atoms with Gasteiger partial charge in [-0.2, -0.15) is 0 Å². The predicted octanol–water partition coefficient (Wildman–Crippen LogP) is 1.41. The number of methoxy groups -OCH3 is 1. The molecule has 0 aliphatic carbocycles. The van der Waals surface area contributed by atoms with Crippen molar-refractivity contribution in [2.24, 2.45) is 0 Å². The van der Waals surface area contributed by atoms with Crippen molar-refractivity contribution in [2.45, 2.75) is 79.1 Å². The quantitative estimate of drug-likeness (QED) is 0.302. The topological polar surface area (TPSA) is 118 Å². The van der Waals surface area contributed by atoms with E-state index in [9.17, 15) is 19.2 Å². The molecule has 0 N–H and O–H groups in total. The van der Waals surface area contributed by atoms with Crippen molar-refractivity contribution in [3.63, 3.8) is 0 Å². The fraction of sp³-hybridized carbons (Fsp3) is 0.862. The molecule has 0 aromatic heterocycles. The first kappa shape index (κ1) is 36.7. The van der Waals surface area contributed by atoms with Crippen LogP contribution in [-0.2, 0) is 38.1 Å². The molecule has 41 heavy (non-hydrogen) atoms. The summed E-state index contributed by atoms with van der Waals surface area (Å²) in [6, 6.07) is 0. The molecule has 238 valence electrons. The van der Waals surface area contributed by atoms with E-state index in [0.29, 0.717) is 52.4 Å². The predicted molar refractivity (Wildman–Crippen MR) is 155 cm³/mol. The van der Waals surface area contributed by atoms with Gasteiger partial charge in [0.25, 0.3) is 0 Å². The number of esters is 4. The maximum Gasteiger partial charge on any atom is 0.320 e. The van der Waals surface area contributed by atoms with Gasteiger partial charge in [-0.1, -0.05) is 0 Å². The second-order valence-electron chi connectivity index (χ2n) is 13.4. The number of ether oxygens (including phenoxy) is 4. The fourth-order valence-corrected chi connectivity index (χ4v) is 4.13. The maximum absolute atomic E-state index is 12.7. The standard InChI is InChI=1S/C29H54N4O8/c1-27(2,3)39-24(35)20-31-13-11-30(19-23(34)38-10)12-14-32(21-25(36)40-28(4,5)6)16-18-33(17-15-31)22-26(37)41-29(7,8)9/h11-22H2,1-10H3. The minimum Gasteiger partial charge on any atom is -0.468 e. The average molecular weight is 587 g/mol. The van der Waals surface area contributed by atoms with Crippen molar-refractivity contribution in [3.05, 3.63) is 0 Å². The van der Waals surface area contributed by atoms with Crippen LogP contribution in [0.3, 0.4) is 0 Å². The molecule has 0 atom stereocenters. The van der Waals surface area contributed by atoms with Crippen LogP contribution in [0, 0.1) is 0 Å². The van der Waals surface area contributed by atoms with Gasteiger partial charge in [0, 0.05) is 52.4 Å². The normalized spacial score (nSPS) is 18.1. The van der Waals surface area contributed by atoms with Crippen LogP contribution in [-0.4, -0.2) is 146 Å². The molecule has 12 heteroatoms. The van der Waals surface area contributed by atoms with Gasteiger partial charge in [0.15, 0.2) is 0 Å². The molecule has 0 radical (unpaired) electrons. The summed E-state index contributed by atoms with van der Waals surface area (Å²) in [7, 11) is 1.35. The molecule has 0 unspecified atom stereocenters. The molecular weight excluding hydrogens is 532 g/mol. The Morgan fingerprint density at radius 2 is 0.634 bits per heavy atom. The van der Waals surface area contributed by atoms with Gasteiger partial charge in [0.2, 0.25) is 0 Å². The highest BCUT2D eigenvalue weighted by Gasteiger charge is 2.26. The third-order valence-electron chi connectivity index (χ3n) is 5.83. The molecule has 0 amide bonds.